The second-order valence-electron chi connectivity index (χ2n) is 12.4. The minimum Gasteiger partial charge on any atom is -0.384 e. The topological polar surface area (TPSA) is 162 Å². The van der Waals surface area contributed by atoms with Crippen molar-refractivity contribution in [1.29, 1.82) is 0 Å². The van der Waals surface area contributed by atoms with Crippen LogP contribution in [0.15, 0.2) is 58.0 Å². The molecule has 11 heteroatoms. The molecule has 0 aromatic heterocycles. The Morgan fingerprint density at radius 3 is 2.00 bits per heavy atom. The van der Waals surface area contributed by atoms with E-state index >= 15 is 0 Å². The molecule has 9 N–H and O–H groups in total. The van der Waals surface area contributed by atoms with Crippen LogP contribution < -0.4 is 33.2 Å². The molecule has 51 heavy (non-hydrogen) atoms. The number of carbonyl (C=O) groups excluding carboxylic acids is 1. The normalized spacial score (nSPS) is 14.7. The number of nitrogens with two attached hydrogens (primary N) is 3. The zero-order chi connectivity index (χ0) is 39.9. The largest absolute Gasteiger partial charge is 0.384 e. The van der Waals surface area contributed by atoms with E-state index in [0.717, 1.165) is 44.2 Å². The van der Waals surface area contributed by atoms with E-state index in [1.807, 2.05) is 39.5 Å². The molecular formula is C40H76N10O. The highest BCUT2D eigenvalue weighted by atomic mass is 16.2. The minimum atomic E-state index is 0.0144. The molecule has 0 spiro atoms. The number of piperidine rings is 1. The Bertz CT molecular complexity index is 1170. The van der Waals surface area contributed by atoms with Gasteiger partial charge >= 0.3 is 0 Å². The lowest BCUT2D eigenvalue weighted by molar-refractivity contribution is -0.130. The van der Waals surface area contributed by atoms with Gasteiger partial charge in [0, 0.05) is 52.7 Å². The molecule has 0 bridgehead atoms. The molecule has 2 aliphatic heterocycles. The molecule has 1 fully saturated rings. The number of aryl methyl sites for hydroxylation is 2. The summed E-state index contributed by atoms with van der Waals surface area (Å²) in [5.74, 6) is 2.21. The third kappa shape index (κ3) is 25.4. The SMILES string of the molecule is C#CNC.C=C(NCCN=C(N)N)C1=C(N)NC(N(CCC)CC(C)C)C(C)=N1.CC.CC.CC(=O)N1CCC(C)CC1.Cc1ccc(C)cc1. The highest BCUT2D eigenvalue weighted by Crippen LogP contribution is 2.18. The fourth-order valence-corrected chi connectivity index (χ4v) is 4.72. The van der Waals surface area contributed by atoms with Gasteiger partial charge in [0.15, 0.2) is 5.96 Å². The number of hydrogen-bond acceptors (Lipinski definition) is 8. The Morgan fingerprint density at radius 1 is 1.12 bits per heavy atom. The molecule has 0 saturated carbocycles. The molecule has 11 nitrogen and oxygen atoms in total. The van der Waals surface area contributed by atoms with Gasteiger partial charge in [-0.2, -0.15) is 0 Å². The third-order valence-electron chi connectivity index (χ3n) is 7.33. The number of likely N-dealkylation sites (tertiary alicyclic amines) is 1. The second kappa shape index (κ2) is 31.8. The molecule has 1 unspecified atom stereocenters. The van der Waals surface area contributed by atoms with E-state index in [1.165, 1.54) is 24.0 Å². The number of terminal acetylenes is 1. The van der Waals surface area contributed by atoms with Gasteiger partial charge in [0.05, 0.1) is 18.0 Å². The summed E-state index contributed by atoms with van der Waals surface area (Å²) < 4.78 is 0. The van der Waals surface area contributed by atoms with Gasteiger partial charge in [-0.25, -0.2) is 4.99 Å². The van der Waals surface area contributed by atoms with Crippen LogP contribution in [0.1, 0.15) is 99.6 Å². The van der Waals surface area contributed by atoms with Gasteiger partial charge < -0.3 is 38.1 Å². The van der Waals surface area contributed by atoms with Crippen molar-refractivity contribution in [3.8, 4) is 12.5 Å². The van der Waals surface area contributed by atoms with Gasteiger partial charge in [-0.15, -0.1) is 0 Å². The summed E-state index contributed by atoms with van der Waals surface area (Å²) in [5, 5.41) is 8.99. The number of nitrogens with zero attached hydrogens (tertiary/aromatic N) is 4. The van der Waals surface area contributed by atoms with E-state index in [9.17, 15) is 4.79 Å². The number of rotatable bonds is 10. The molecule has 0 radical (unpaired) electrons. The average Bonchev–Trinajstić information content (AvgIpc) is 3.11. The van der Waals surface area contributed by atoms with Crippen molar-refractivity contribution in [1.82, 2.24) is 25.8 Å². The van der Waals surface area contributed by atoms with E-state index in [1.54, 1.807) is 14.0 Å². The Labute approximate surface area is 313 Å². The fourth-order valence-electron chi connectivity index (χ4n) is 4.72. The first kappa shape index (κ1) is 51.2. The maximum Gasteiger partial charge on any atom is 0.219 e. The number of benzene rings is 1. The maximum atomic E-state index is 10.8. The van der Waals surface area contributed by atoms with Gasteiger partial charge in [0.1, 0.15) is 17.7 Å². The maximum absolute atomic E-state index is 10.8. The van der Waals surface area contributed by atoms with Crippen LogP contribution >= 0.6 is 0 Å². The molecule has 0 aliphatic carbocycles. The Kier molecular flexibility index (Phi) is 31.9. The molecule has 2 aliphatic rings. The van der Waals surface area contributed by atoms with Gasteiger partial charge in [0.25, 0.3) is 0 Å². The number of carbonyl (C=O) groups is 1. The quantitative estimate of drug-likeness (QED) is 0.0595. The van der Waals surface area contributed by atoms with Crippen LogP contribution in [0.3, 0.4) is 0 Å². The van der Waals surface area contributed by atoms with E-state index in [2.05, 4.69) is 116 Å². The Balaban J connectivity index is -0.000000718. The smallest absolute Gasteiger partial charge is 0.219 e. The first-order valence-corrected chi connectivity index (χ1v) is 18.6. The van der Waals surface area contributed by atoms with Crippen molar-refractivity contribution in [2.45, 2.75) is 109 Å². The van der Waals surface area contributed by atoms with Crippen LogP contribution in [-0.2, 0) is 4.79 Å². The van der Waals surface area contributed by atoms with E-state index in [4.69, 9.17) is 17.2 Å². The summed E-state index contributed by atoms with van der Waals surface area (Å²) >= 11 is 0. The summed E-state index contributed by atoms with van der Waals surface area (Å²) in [4.78, 5) is 23.7. The molecule has 1 aromatic rings. The van der Waals surface area contributed by atoms with Gasteiger partial charge in [-0.05, 0) is 51.9 Å². The third-order valence-corrected chi connectivity index (χ3v) is 7.33. The molecule has 2 heterocycles. The number of amides is 1. The van der Waals surface area contributed by atoms with Crippen LogP contribution in [0.4, 0.5) is 0 Å². The fraction of sp³-hybridized carbons (Fsp3) is 0.625. The van der Waals surface area contributed by atoms with Crippen molar-refractivity contribution in [2.24, 2.45) is 39.0 Å². The van der Waals surface area contributed by atoms with Crippen LogP contribution in [0.2, 0.25) is 0 Å². The summed E-state index contributed by atoms with van der Waals surface area (Å²) in [7, 11) is 1.69. The van der Waals surface area contributed by atoms with Crippen molar-refractivity contribution in [3.63, 3.8) is 0 Å². The van der Waals surface area contributed by atoms with E-state index in [0.29, 0.717) is 36.2 Å². The summed E-state index contributed by atoms with van der Waals surface area (Å²) in [6.45, 7) is 33.7. The predicted molar refractivity (Wildman–Crippen MR) is 223 cm³/mol. The second-order valence-corrected chi connectivity index (χ2v) is 12.4. The molecule has 3 rings (SSSR count). The molecule has 1 amide bonds. The monoisotopic (exact) mass is 713 g/mol. The highest BCUT2D eigenvalue weighted by Gasteiger charge is 2.27. The van der Waals surface area contributed by atoms with Crippen LogP contribution in [-0.4, -0.2) is 79.9 Å². The number of guanidine groups is 1. The van der Waals surface area contributed by atoms with Crippen LogP contribution in [0.25, 0.3) is 0 Å². The molecule has 1 atom stereocenters. The highest BCUT2D eigenvalue weighted by molar-refractivity contribution is 5.89. The van der Waals surface area contributed by atoms with Crippen LogP contribution in [0, 0.1) is 38.2 Å². The zero-order valence-corrected chi connectivity index (χ0v) is 34.6. The summed E-state index contributed by atoms with van der Waals surface area (Å²) in [5.41, 5.74) is 21.8. The van der Waals surface area contributed by atoms with E-state index in [-0.39, 0.29) is 18.0 Å². The lowest BCUT2D eigenvalue weighted by Gasteiger charge is -2.36. The Hall–Kier alpha value is -4.17. The van der Waals surface area contributed by atoms with Gasteiger partial charge in [-0.1, -0.05) is 104 Å². The van der Waals surface area contributed by atoms with Crippen molar-refractivity contribution in [2.75, 3.05) is 46.3 Å². The average molecular weight is 713 g/mol. The number of aliphatic imine (C=N–C) groups is 2. The first-order chi connectivity index (χ1) is 24.2. The van der Waals surface area contributed by atoms with Crippen LogP contribution in [0.5, 0.6) is 0 Å². The summed E-state index contributed by atoms with van der Waals surface area (Å²) in [6.07, 6.45) is 8.12. The van der Waals surface area contributed by atoms with Crippen molar-refractivity contribution in [3.05, 3.63) is 59.2 Å². The standard InChI is InChI=1S/C17H34N8.C8H15NO.C8H10.C3H5N.2C2H6/c1-6-9-25(10-11(2)3)16-13(5)23-14(15(18)24-16)12(4)21-7-8-22-17(19)20;1-7-3-5-9(6-4-7)8(2)10;1-7-3-5-8(2)6-4-7;1-3-4-2;2*1-2/h11,16,21,24H,4,6-10,18H2,1-3,5H3,(H4,19,20,22);7H,3-6H2,1-2H3;3-6H,1-2H3;1,4H,2H3;2*1-2H3. The number of nitrogens with one attached hydrogen (secondary N) is 3. The zero-order valence-electron chi connectivity index (χ0n) is 34.6. The molecule has 292 valence electrons. The lowest BCUT2D eigenvalue weighted by atomic mass is 9.99. The molecule has 1 aromatic carbocycles. The minimum absolute atomic E-state index is 0.0144. The number of hydrogen-bond donors (Lipinski definition) is 6. The molecular weight excluding hydrogens is 637 g/mol. The van der Waals surface area contributed by atoms with E-state index < -0.39 is 0 Å². The lowest BCUT2D eigenvalue weighted by Crippen LogP contribution is -2.54. The Morgan fingerprint density at radius 2 is 1.61 bits per heavy atom. The first-order valence-electron chi connectivity index (χ1n) is 18.6. The van der Waals surface area contributed by atoms with Crippen molar-refractivity contribution >= 4 is 17.6 Å². The predicted octanol–water partition coefficient (Wildman–Crippen LogP) is 5.67. The molecule has 1 saturated heterocycles. The summed E-state index contributed by atoms with van der Waals surface area (Å²) in [6, 6.07) is 10.7. The van der Waals surface area contributed by atoms with Gasteiger partial charge in [0.2, 0.25) is 5.91 Å². The van der Waals surface area contributed by atoms with Gasteiger partial charge in [-0.3, -0.25) is 14.7 Å². The van der Waals surface area contributed by atoms with Crippen molar-refractivity contribution < 1.29 is 4.79 Å².